The molecule has 0 saturated carbocycles. The molecule has 1 atom stereocenters. The van der Waals surface area contributed by atoms with Crippen molar-refractivity contribution in [3.05, 3.63) is 64.7 Å². The highest BCUT2D eigenvalue weighted by Gasteiger charge is 2.13. The Bertz CT molecular complexity index is 520. The Morgan fingerprint density at radius 1 is 0.941 bits per heavy atom. The molecule has 0 radical (unpaired) electrons. The minimum Gasteiger partial charge on any atom is -0.508 e. The largest absolute Gasteiger partial charge is 0.508 e. The maximum atomic E-state index is 9.64. The maximum Gasteiger partial charge on any atom is 0.118 e. The molecule has 0 aliphatic heterocycles. The van der Waals surface area contributed by atoms with Crippen LogP contribution in [0.1, 0.15) is 28.3 Å². The quantitative estimate of drug-likeness (QED) is 0.828. The van der Waals surface area contributed by atoms with Gasteiger partial charge < -0.3 is 10.8 Å². The van der Waals surface area contributed by atoms with Crippen molar-refractivity contribution in [1.29, 1.82) is 0 Å². The Morgan fingerprint density at radius 3 is 2.24 bits per heavy atom. The zero-order chi connectivity index (χ0) is 12.4. The van der Waals surface area contributed by atoms with Crippen molar-refractivity contribution in [2.24, 2.45) is 5.73 Å². The number of phenols is 1. The fourth-order valence-corrected chi connectivity index (χ4v) is 2.00. The molecular formula is C15H17NO. The summed E-state index contributed by atoms with van der Waals surface area (Å²) in [6.07, 6.45) is 0. The summed E-state index contributed by atoms with van der Waals surface area (Å²) < 4.78 is 0. The number of rotatable bonds is 2. The summed E-state index contributed by atoms with van der Waals surface area (Å²) in [5.41, 5.74) is 10.4. The lowest BCUT2D eigenvalue weighted by Crippen LogP contribution is -2.13. The van der Waals surface area contributed by atoms with Crippen molar-refractivity contribution >= 4 is 0 Å². The summed E-state index contributed by atoms with van der Waals surface area (Å²) in [6, 6.07) is 13.4. The number of benzene rings is 2. The van der Waals surface area contributed by atoms with Crippen molar-refractivity contribution in [3.8, 4) is 5.75 Å². The lowest BCUT2D eigenvalue weighted by molar-refractivity contribution is 0.470. The Balaban J connectivity index is 2.45. The van der Waals surface area contributed by atoms with Crippen LogP contribution in [0.2, 0.25) is 0 Å². The second kappa shape index (κ2) is 4.60. The first-order valence-corrected chi connectivity index (χ1v) is 5.71. The first-order chi connectivity index (χ1) is 8.11. The number of hydrogen-bond donors (Lipinski definition) is 2. The molecule has 0 aliphatic rings. The molecule has 88 valence electrons. The molecule has 0 aromatic heterocycles. The van der Waals surface area contributed by atoms with Crippen molar-refractivity contribution in [1.82, 2.24) is 0 Å². The summed E-state index contributed by atoms with van der Waals surface area (Å²) in [5, 5.41) is 9.64. The van der Waals surface area contributed by atoms with Crippen molar-refractivity contribution in [3.63, 3.8) is 0 Å². The van der Waals surface area contributed by atoms with E-state index in [-0.39, 0.29) is 6.04 Å². The van der Waals surface area contributed by atoms with Crippen LogP contribution in [0.4, 0.5) is 0 Å². The van der Waals surface area contributed by atoms with Gasteiger partial charge in [0.1, 0.15) is 5.75 Å². The third-order valence-corrected chi connectivity index (χ3v) is 3.29. The SMILES string of the molecule is Cc1c(O)ccc(C(N)c2ccccc2)c1C. The van der Waals surface area contributed by atoms with E-state index in [0.717, 1.165) is 22.3 Å². The first kappa shape index (κ1) is 11.7. The summed E-state index contributed by atoms with van der Waals surface area (Å²) in [4.78, 5) is 0. The molecule has 3 N–H and O–H groups in total. The Hall–Kier alpha value is -1.80. The molecule has 0 fully saturated rings. The molecule has 0 spiro atoms. The van der Waals surface area contributed by atoms with Gasteiger partial charge in [0, 0.05) is 0 Å². The molecule has 0 amide bonds. The number of phenolic OH excluding ortho intramolecular Hbond substituents is 1. The molecule has 2 rings (SSSR count). The Labute approximate surface area is 102 Å². The Morgan fingerprint density at radius 2 is 1.59 bits per heavy atom. The van der Waals surface area contributed by atoms with E-state index < -0.39 is 0 Å². The van der Waals surface area contributed by atoms with Gasteiger partial charge in [0.2, 0.25) is 0 Å². The number of nitrogens with two attached hydrogens (primary N) is 1. The van der Waals surface area contributed by atoms with Gasteiger partial charge in [0.25, 0.3) is 0 Å². The van der Waals surface area contributed by atoms with Crippen LogP contribution in [0.15, 0.2) is 42.5 Å². The van der Waals surface area contributed by atoms with Crippen LogP contribution >= 0.6 is 0 Å². The smallest absolute Gasteiger partial charge is 0.118 e. The molecule has 2 aromatic carbocycles. The number of aromatic hydroxyl groups is 1. The molecule has 2 aromatic rings. The predicted octanol–water partition coefficient (Wildman–Crippen LogP) is 3.06. The molecule has 2 heteroatoms. The molecule has 0 saturated heterocycles. The van der Waals surface area contributed by atoms with Crippen LogP contribution in [0.5, 0.6) is 5.75 Å². The summed E-state index contributed by atoms with van der Waals surface area (Å²) in [6.45, 7) is 3.90. The molecule has 0 bridgehead atoms. The van der Waals surface area contributed by atoms with Crippen molar-refractivity contribution in [2.45, 2.75) is 19.9 Å². The van der Waals surface area contributed by atoms with Crippen LogP contribution in [0.3, 0.4) is 0 Å². The summed E-state index contributed by atoms with van der Waals surface area (Å²) >= 11 is 0. The highest BCUT2D eigenvalue weighted by molar-refractivity contribution is 5.46. The summed E-state index contributed by atoms with van der Waals surface area (Å²) in [5.74, 6) is 0.325. The van der Waals surface area contributed by atoms with Gasteiger partial charge in [-0.25, -0.2) is 0 Å². The third kappa shape index (κ3) is 2.17. The zero-order valence-corrected chi connectivity index (χ0v) is 10.1. The van der Waals surface area contributed by atoms with Gasteiger partial charge in [-0.1, -0.05) is 36.4 Å². The van der Waals surface area contributed by atoms with Gasteiger partial charge in [0.05, 0.1) is 6.04 Å². The van der Waals surface area contributed by atoms with E-state index in [4.69, 9.17) is 5.73 Å². The van der Waals surface area contributed by atoms with Gasteiger partial charge >= 0.3 is 0 Å². The molecule has 2 nitrogen and oxygen atoms in total. The summed E-state index contributed by atoms with van der Waals surface area (Å²) in [7, 11) is 0. The maximum absolute atomic E-state index is 9.64. The van der Waals surface area contributed by atoms with E-state index in [1.54, 1.807) is 6.07 Å². The van der Waals surface area contributed by atoms with E-state index in [9.17, 15) is 5.11 Å². The second-order valence-electron chi connectivity index (χ2n) is 4.31. The molecule has 0 heterocycles. The monoisotopic (exact) mass is 227 g/mol. The predicted molar refractivity (Wildman–Crippen MR) is 70.1 cm³/mol. The number of hydrogen-bond acceptors (Lipinski definition) is 2. The minimum atomic E-state index is -0.143. The molecule has 1 unspecified atom stereocenters. The van der Waals surface area contributed by atoms with Crippen LogP contribution in [-0.4, -0.2) is 5.11 Å². The van der Waals surface area contributed by atoms with Gasteiger partial charge in [-0.3, -0.25) is 0 Å². The second-order valence-corrected chi connectivity index (χ2v) is 4.31. The highest BCUT2D eigenvalue weighted by atomic mass is 16.3. The normalized spacial score (nSPS) is 12.4. The zero-order valence-electron chi connectivity index (χ0n) is 10.1. The average molecular weight is 227 g/mol. The van der Waals surface area contributed by atoms with Crippen LogP contribution in [0, 0.1) is 13.8 Å². The lowest BCUT2D eigenvalue weighted by atomic mass is 9.93. The van der Waals surface area contributed by atoms with Crippen LogP contribution in [0.25, 0.3) is 0 Å². The van der Waals surface area contributed by atoms with E-state index in [1.165, 1.54) is 0 Å². The average Bonchev–Trinajstić information content (AvgIpc) is 2.36. The molecule has 17 heavy (non-hydrogen) atoms. The Kier molecular flexibility index (Phi) is 3.16. The van der Waals surface area contributed by atoms with Gasteiger partial charge in [-0.2, -0.15) is 0 Å². The van der Waals surface area contributed by atoms with Crippen molar-refractivity contribution < 1.29 is 5.11 Å². The fourth-order valence-electron chi connectivity index (χ4n) is 2.00. The van der Waals surface area contributed by atoms with E-state index in [0.29, 0.717) is 5.75 Å². The van der Waals surface area contributed by atoms with Crippen molar-refractivity contribution in [2.75, 3.05) is 0 Å². The standard InChI is InChI=1S/C15H17NO/c1-10-11(2)14(17)9-8-13(10)15(16)12-6-4-3-5-7-12/h3-9,15,17H,16H2,1-2H3. The van der Waals surface area contributed by atoms with E-state index in [1.807, 2.05) is 50.2 Å². The minimum absolute atomic E-state index is 0.143. The van der Waals surface area contributed by atoms with E-state index >= 15 is 0 Å². The first-order valence-electron chi connectivity index (χ1n) is 5.71. The highest BCUT2D eigenvalue weighted by Crippen LogP contribution is 2.28. The molecular weight excluding hydrogens is 210 g/mol. The topological polar surface area (TPSA) is 46.2 Å². The van der Waals surface area contributed by atoms with Crippen LogP contribution in [-0.2, 0) is 0 Å². The molecule has 0 aliphatic carbocycles. The fraction of sp³-hybridized carbons (Fsp3) is 0.200. The van der Waals surface area contributed by atoms with Gasteiger partial charge in [0.15, 0.2) is 0 Å². The van der Waals surface area contributed by atoms with E-state index in [2.05, 4.69) is 0 Å². The van der Waals surface area contributed by atoms with Crippen LogP contribution < -0.4 is 5.73 Å². The van der Waals surface area contributed by atoms with Gasteiger partial charge in [-0.15, -0.1) is 0 Å². The lowest BCUT2D eigenvalue weighted by Gasteiger charge is -2.17. The third-order valence-electron chi connectivity index (χ3n) is 3.29. The van der Waals surface area contributed by atoms with Gasteiger partial charge in [-0.05, 0) is 42.2 Å².